The lowest BCUT2D eigenvalue weighted by atomic mass is 10.3. The van der Waals surface area contributed by atoms with Gasteiger partial charge in [0, 0.05) is 6.07 Å². The maximum Gasteiger partial charge on any atom is 0.233 e. The highest BCUT2D eigenvalue weighted by Crippen LogP contribution is 2.29. The van der Waals surface area contributed by atoms with E-state index in [4.69, 9.17) is 27.9 Å². The Morgan fingerprint density at radius 1 is 1.12 bits per heavy atom. The summed E-state index contributed by atoms with van der Waals surface area (Å²) < 4.78 is 5.35. The van der Waals surface area contributed by atoms with Crippen LogP contribution in [0.3, 0.4) is 0 Å². The summed E-state index contributed by atoms with van der Waals surface area (Å²) in [5, 5.41) is 8.14. The van der Waals surface area contributed by atoms with Crippen LogP contribution in [0.2, 0.25) is 10.3 Å². The number of hydrogen-bond acceptors (Lipinski definition) is 5. The van der Waals surface area contributed by atoms with Gasteiger partial charge in [-0.1, -0.05) is 23.2 Å². The van der Waals surface area contributed by atoms with Gasteiger partial charge < -0.3 is 4.74 Å². The number of rotatable bonds is 2. The quantitative estimate of drug-likeness (QED) is 0.789. The predicted molar refractivity (Wildman–Crippen MR) is 67.3 cm³/mol. The monoisotopic (exact) mass is 334 g/mol. The van der Waals surface area contributed by atoms with Gasteiger partial charge in [0.25, 0.3) is 0 Å². The molecule has 0 fully saturated rings. The molecule has 0 radical (unpaired) electrons. The van der Waals surface area contributed by atoms with E-state index in [0.717, 1.165) is 0 Å². The minimum Gasteiger partial charge on any atom is -0.480 e. The van der Waals surface area contributed by atoms with Crippen molar-refractivity contribution in [2.75, 3.05) is 7.11 Å². The molecule has 8 heteroatoms. The Hall–Kier alpha value is -0.980. The highest BCUT2D eigenvalue weighted by Gasteiger charge is 2.11. The molecule has 2 aromatic heterocycles. The van der Waals surface area contributed by atoms with Crippen LogP contribution in [0.25, 0.3) is 11.5 Å². The second kappa shape index (κ2) is 5.12. The molecule has 88 valence electrons. The fourth-order valence-corrected chi connectivity index (χ4v) is 1.62. The van der Waals surface area contributed by atoms with Crippen LogP contribution in [0, 0.1) is 0 Å². The normalized spacial score (nSPS) is 10.4. The summed E-state index contributed by atoms with van der Waals surface area (Å²) in [6, 6.07) is 3.32. The summed E-state index contributed by atoms with van der Waals surface area (Å²) in [5.74, 6) is 0.710. The molecule has 0 bridgehead atoms. The van der Waals surface area contributed by atoms with Gasteiger partial charge in [0.05, 0.1) is 11.6 Å². The maximum absolute atomic E-state index is 5.87. The summed E-state index contributed by atoms with van der Waals surface area (Å²) in [7, 11) is 1.51. The van der Waals surface area contributed by atoms with Crippen LogP contribution in [-0.4, -0.2) is 27.3 Å². The van der Waals surface area contributed by atoms with Crippen molar-refractivity contribution in [3.05, 3.63) is 26.9 Å². The van der Waals surface area contributed by atoms with Gasteiger partial charge >= 0.3 is 0 Å². The second-order valence-electron chi connectivity index (χ2n) is 2.90. The molecule has 2 heterocycles. The summed E-state index contributed by atoms with van der Waals surface area (Å²) in [5.41, 5.74) is 0.460. The number of halogens is 3. The van der Waals surface area contributed by atoms with Crippen molar-refractivity contribution in [2.45, 2.75) is 0 Å². The summed E-state index contributed by atoms with van der Waals surface area (Å²) in [6.07, 6.45) is 0. The fourth-order valence-electron chi connectivity index (χ4n) is 1.06. The zero-order chi connectivity index (χ0) is 12.4. The predicted octanol–water partition coefficient (Wildman–Crippen LogP) is 3.01. The van der Waals surface area contributed by atoms with Gasteiger partial charge in [-0.25, -0.2) is 9.97 Å². The van der Waals surface area contributed by atoms with Crippen molar-refractivity contribution in [1.29, 1.82) is 0 Å². The third kappa shape index (κ3) is 2.65. The molecule has 0 unspecified atom stereocenters. The Balaban J connectivity index is 2.45. The van der Waals surface area contributed by atoms with E-state index in [1.165, 1.54) is 7.11 Å². The molecule has 0 saturated heterocycles. The largest absolute Gasteiger partial charge is 0.480 e. The molecule has 0 atom stereocenters. The average molecular weight is 336 g/mol. The van der Waals surface area contributed by atoms with Crippen LogP contribution in [0.1, 0.15) is 0 Å². The van der Waals surface area contributed by atoms with Crippen molar-refractivity contribution < 1.29 is 4.74 Å². The van der Waals surface area contributed by atoms with E-state index in [-0.39, 0.29) is 10.3 Å². The Kier molecular flexibility index (Phi) is 3.76. The first kappa shape index (κ1) is 12.5. The lowest BCUT2D eigenvalue weighted by Crippen LogP contribution is -1.97. The SMILES string of the molecule is COc1ccc(-c2nc(Cl)c(Br)c(Cl)n2)nn1. The van der Waals surface area contributed by atoms with Crippen LogP contribution in [0.5, 0.6) is 5.88 Å². The second-order valence-corrected chi connectivity index (χ2v) is 4.41. The fraction of sp³-hybridized carbons (Fsp3) is 0.111. The molecular weight excluding hydrogens is 331 g/mol. The number of hydrogen-bond donors (Lipinski definition) is 0. The van der Waals surface area contributed by atoms with E-state index < -0.39 is 0 Å². The van der Waals surface area contributed by atoms with Crippen LogP contribution in [0.4, 0.5) is 0 Å². The van der Waals surface area contributed by atoms with Crippen molar-refractivity contribution in [2.24, 2.45) is 0 Å². The van der Waals surface area contributed by atoms with Crippen molar-refractivity contribution in [3.63, 3.8) is 0 Å². The number of aromatic nitrogens is 4. The molecule has 0 aliphatic rings. The van der Waals surface area contributed by atoms with Crippen LogP contribution >= 0.6 is 39.1 Å². The highest BCUT2D eigenvalue weighted by atomic mass is 79.9. The maximum atomic E-state index is 5.87. The molecule has 0 spiro atoms. The molecule has 0 amide bonds. The Bertz CT molecular complexity index is 526. The van der Waals surface area contributed by atoms with Gasteiger partial charge in [-0.3, -0.25) is 0 Å². The zero-order valence-corrected chi connectivity index (χ0v) is 11.6. The third-order valence-electron chi connectivity index (χ3n) is 1.85. The first-order chi connectivity index (χ1) is 8.11. The molecule has 0 aromatic carbocycles. The van der Waals surface area contributed by atoms with E-state index in [2.05, 4.69) is 36.1 Å². The molecule has 2 aromatic rings. The number of nitrogens with zero attached hydrogens (tertiary/aromatic N) is 4. The third-order valence-corrected chi connectivity index (χ3v) is 3.60. The first-order valence-electron chi connectivity index (χ1n) is 4.38. The van der Waals surface area contributed by atoms with Gasteiger partial charge in [-0.2, -0.15) is 0 Å². The van der Waals surface area contributed by atoms with Gasteiger partial charge in [-0.05, 0) is 22.0 Å². The molecule has 5 nitrogen and oxygen atoms in total. The van der Waals surface area contributed by atoms with Crippen LogP contribution in [-0.2, 0) is 0 Å². The van der Waals surface area contributed by atoms with Gasteiger partial charge in [0.15, 0.2) is 5.82 Å². The number of methoxy groups -OCH3 is 1. The van der Waals surface area contributed by atoms with Crippen LogP contribution in [0.15, 0.2) is 16.6 Å². The topological polar surface area (TPSA) is 60.8 Å². The Morgan fingerprint density at radius 2 is 1.76 bits per heavy atom. The minimum absolute atomic E-state index is 0.220. The molecule has 17 heavy (non-hydrogen) atoms. The van der Waals surface area contributed by atoms with E-state index in [1.807, 2.05) is 0 Å². The van der Waals surface area contributed by atoms with E-state index in [9.17, 15) is 0 Å². The average Bonchev–Trinajstić information content (AvgIpc) is 2.35. The van der Waals surface area contributed by atoms with Crippen molar-refractivity contribution in [1.82, 2.24) is 20.2 Å². The summed E-state index contributed by atoms with van der Waals surface area (Å²) in [6.45, 7) is 0. The smallest absolute Gasteiger partial charge is 0.233 e. The van der Waals surface area contributed by atoms with E-state index in [0.29, 0.717) is 21.9 Å². The lowest BCUT2D eigenvalue weighted by Gasteiger charge is -2.03. The lowest BCUT2D eigenvalue weighted by molar-refractivity contribution is 0.392. The van der Waals surface area contributed by atoms with Gasteiger partial charge in [0.2, 0.25) is 5.88 Å². The van der Waals surface area contributed by atoms with E-state index >= 15 is 0 Å². The zero-order valence-electron chi connectivity index (χ0n) is 8.49. The van der Waals surface area contributed by atoms with Crippen molar-refractivity contribution >= 4 is 39.1 Å². The Labute approximate surface area is 115 Å². The Morgan fingerprint density at radius 3 is 2.24 bits per heavy atom. The molecule has 0 saturated carbocycles. The molecule has 0 aliphatic heterocycles. The molecule has 0 aliphatic carbocycles. The standard InChI is InChI=1S/C9H5BrCl2N4O/c1-17-5-3-2-4(15-16-5)9-13-7(11)6(10)8(12)14-9/h2-3H,1H3. The van der Waals surface area contributed by atoms with Crippen molar-refractivity contribution in [3.8, 4) is 17.4 Å². The number of ether oxygens (including phenoxy) is 1. The molecule has 2 rings (SSSR count). The van der Waals surface area contributed by atoms with Gasteiger partial charge in [-0.15, -0.1) is 10.2 Å². The minimum atomic E-state index is 0.220. The van der Waals surface area contributed by atoms with Gasteiger partial charge in [0.1, 0.15) is 16.0 Å². The molecule has 0 N–H and O–H groups in total. The summed E-state index contributed by atoms with van der Waals surface area (Å²) in [4.78, 5) is 8.08. The summed E-state index contributed by atoms with van der Waals surface area (Å²) >= 11 is 14.9. The molecular formula is C9H5BrCl2N4O. The van der Waals surface area contributed by atoms with E-state index in [1.54, 1.807) is 12.1 Å². The highest BCUT2D eigenvalue weighted by molar-refractivity contribution is 9.10. The van der Waals surface area contributed by atoms with Crippen LogP contribution < -0.4 is 4.74 Å². The first-order valence-corrected chi connectivity index (χ1v) is 5.93.